The molecule has 1 heterocycles. The fourth-order valence-electron chi connectivity index (χ4n) is 8.97. The molecule has 2 atom stereocenters. The predicted molar refractivity (Wildman–Crippen MR) is 277 cm³/mol. The van der Waals surface area contributed by atoms with Gasteiger partial charge in [-0.1, -0.05) is 125 Å². The van der Waals surface area contributed by atoms with Crippen LogP contribution in [-0.4, -0.2) is 89.1 Å². The lowest BCUT2D eigenvalue weighted by Crippen LogP contribution is -2.58. The third-order valence-electron chi connectivity index (χ3n) is 12.3. The molecule has 1 aliphatic rings. The Morgan fingerprint density at radius 1 is 0.829 bits per heavy atom. The van der Waals surface area contributed by atoms with Gasteiger partial charge in [0.05, 0.1) is 11.8 Å². The molecule has 15 heteroatoms. The highest BCUT2D eigenvalue weighted by Gasteiger charge is 2.43. The maximum Gasteiger partial charge on any atom is 0.408 e. The minimum Gasteiger partial charge on any atom is -0.479 e. The Bertz CT molecular complexity index is 2600. The molecule has 0 bridgehead atoms. The Hall–Kier alpha value is -5.93. The Morgan fingerprint density at radius 3 is 2.06 bits per heavy atom. The largest absolute Gasteiger partial charge is 0.479 e. The van der Waals surface area contributed by atoms with Gasteiger partial charge < -0.3 is 34.7 Å². The van der Waals surface area contributed by atoms with Crippen molar-refractivity contribution in [1.29, 1.82) is 0 Å². The first kappa shape index (κ1) is 53.4. The number of alkyl carbamates (subject to hydrolysis) is 2. The van der Waals surface area contributed by atoms with Crippen LogP contribution in [0.3, 0.4) is 0 Å². The first-order chi connectivity index (χ1) is 32.9. The molecular formula is C55H68F2N4O7SSi. The zero-order valence-corrected chi connectivity index (χ0v) is 43.7. The third-order valence-corrected chi connectivity index (χ3v) is 15.2. The number of benzene rings is 4. The van der Waals surface area contributed by atoms with Gasteiger partial charge in [-0.3, -0.25) is 4.79 Å². The number of nitrogens with zero attached hydrogens (tertiary/aromatic N) is 2. The summed E-state index contributed by atoms with van der Waals surface area (Å²) in [6, 6.07) is 30.9. The second-order valence-corrected chi connectivity index (χ2v) is 28.0. The highest BCUT2D eigenvalue weighted by molar-refractivity contribution is 8.00. The molecule has 1 aromatic heterocycles. The molecule has 11 nitrogen and oxygen atoms in total. The molecule has 0 saturated carbocycles. The number of hydrogen-bond acceptors (Lipinski definition) is 7. The van der Waals surface area contributed by atoms with E-state index in [1.807, 2.05) is 79.9 Å². The van der Waals surface area contributed by atoms with Crippen molar-refractivity contribution in [2.45, 2.75) is 110 Å². The van der Waals surface area contributed by atoms with E-state index in [4.69, 9.17) is 9.47 Å². The van der Waals surface area contributed by atoms with Gasteiger partial charge in [-0.2, -0.15) is 0 Å². The van der Waals surface area contributed by atoms with E-state index in [2.05, 4.69) is 54.5 Å². The number of carboxylic acid groups (broad SMARTS) is 1. The number of aliphatic carboxylic acids is 1. The van der Waals surface area contributed by atoms with Gasteiger partial charge in [0.15, 0.2) is 0 Å². The van der Waals surface area contributed by atoms with Gasteiger partial charge in [-0.05, 0) is 91.1 Å². The lowest BCUT2D eigenvalue weighted by atomic mass is 9.83. The number of hydrogen-bond donors (Lipinski definition) is 3. The number of thioether (sulfide) groups is 1. The van der Waals surface area contributed by atoms with Crippen molar-refractivity contribution in [1.82, 2.24) is 20.1 Å². The lowest BCUT2D eigenvalue weighted by molar-refractivity contribution is -0.144. The molecule has 0 aliphatic heterocycles. The van der Waals surface area contributed by atoms with Crippen LogP contribution in [0.5, 0.6) is 0 Å². The highest BCUT2D eigenvalue weighted by Crippen LogP contribution is 2.45. The van der Waals surface area contributed by atoms with E-state index in [1.165, 1.54) is 0 Å². The van der Waals surface area contributed by atoms with E-state index in [9.17, 15) is 23.9 Å². The lowest BCUT2D eigenvalue weighted by Gasteiger charge is -2.41. The highest BCUT2D eigenvalue weighted by atomic mass is 32.2. The summed E-state index contributed by atoms with van der Waals surface area (Å²) in [4.78, 5) is 56.5. The van der Waals surface area contributed by atoms with Crippen LogP contribution in [0.25, 0.3) is 22.3 Å². The number of rotatable bonds is 20. The molecular weight excluding hydrogens is 927 g/mol. The van der Waals surface area contributed by atoms with Gasteiger partial charge in [0.1, 0.15) is 29.4 Å². The van der Waals surface area contributed by atoms with Crippen molar-refractivity contribution in [3.63, 3.8) is 0 Å². The summed E-state index contributed by atoms with van der Waals surface area (Å²) >= 11 is 1.11. The molecule has 70 heavy (non-hydrogen) atoms. The van der Waals surface area contributed by atoms with E-state index in [1.54, 1.807) is 37.9 Å². The van der Waals surface area contributed by atoms with Crippen molar-refractivity contribution in [3.05, 3.63) is 143 Å². The molecule has 5 aromatic rings. The van der Waals surface area contributed by atoms with E-state index in [0.29, 0.717) is 30.3 Å². The molecule has 3 N–H and O–H groups in total. The van der Waals surface area contributed by atoms with Crippen molar-refractivity contribution >= 4 is 43.9 Å². The quantitative estimate of drug-likeness (QED) is 0.0517. The smallest absolute Gasteiger partial charge is 0.408 e. The molecule has 0 spiro atoms. The molecule has 6 rings (SSSR count). The van der Waals surface area contributed by atoms with E-state index in [-0.39, 0.29) is 55.0 Å². The SMILES string of the molecule is CC(C)(C)OC(=O)N[C@@](CC[Si](C)(C)C)(CSCC(=O)N(CCCNC(=O)OCC1c2ccccc2-c2ccccc21)[C@@H](c1cc(-c2cc(F)ccc2F)cn1Cc1ccccc1)C(C)(C)C)C(=O)O. The summed E-state index contributed by atoms with van der Waals surface area (Å²) in [5.74, 6) is -3.14. The second-order valence-electron chi connectivity index (χ2n) is 21.4. The number of nitrogens with one attached hydrogen (secondary N) is 2. The van der Waals surface area contributed by atoms with Crippen LogP contribution >= 0.6 is 11.8 Å². The summed E-state index contributed by atoms with van der Waals surface area (Å²) < 4.78 is 43.5. The first-order valence-electron chi connectivity index (χ1n) is 23.8. The van der Waals surface area contributed by atoms with Crippen molar-refractivity contribution < 1.29 is 42.5 Å². The molecule has 0 unspecified atom stereocenters. The maximum absolute atomic E-state index is 15.5. The minimum atomic E-state index is -1.82. The summed E-state index contributed by atoms with van der Waals surface area (Å²) in [5.41, 5.74) is 3.26. The monoisotopic (exact) mass is 994 g/mol. The van der Waals surface area contributed by atoms with Crippen LogP contribution in [0.2, 0.25) is 25.7 Å². The second kappa shape index (κ2) is 22.4. The van der Waals surface area contributed by atoms with Crippen molar-refractivity contribution in [3.8, 4) is 22.3 Å². The van der Waals surface area contributed by atoms with Crippen LogP contribution in [0.15, 0.2) is 109 Å². The van der Waals surface area contributed by atoms with Crippen LogP contribution < -0.4 is 10.6 Å². The van der Waals surface area contributed by atoms with E-state index < -0.39 is 60.5 Å². The molecule has 4 aromatic carbocycles. The Balaban J connectivity index is 1.29. The number of carboxylic acids is 1. The van der Waals surface area contributed by atoms with Gasteiger partial charge in [0.25, 0.3) is 0 Å². The van der Waals surface area contributed by atoms with Gasteiger partial charge in [0, 0.05) is 62.4 Å². The number of carbonyl (C=O) groups is 4. The number of carbonyl (C=O) groups excluding carboxylic acids is 3. The molecule has 0 fully saturated rings. The average Bonchev–Trinajstić information content (AvgIpc) is 3.83. The van der Waals surface area contributed by atoms with E-state index >= 15 is 9.18 Å². The molecule has 0 saturated heterocycles. The standard InChI is InChI=1S/C55H68F2N4O7SSi/c1-53(2,3)49(47-30-38(44-31-39(56)24-25-46(44)57)33-60(47)32-37-18-11-10-12-19-37)61(48(62)35-69-36-55(50(63)64,26-29-70(7,8)9)59-52(66)68-54(4,5)6)28-17-27-58-51(65)67-34-45-42-22-15-13-20-40(42)41-21-14-16-23-43(41)45/h10-16,18-25,30-31,33,45,49H,17,26-29,32,34-36H2,1-9H3,(H,58,65)(H,59,66)(H,63,64)/t49-,55-/m0/s1. The zero-order valence-electron chi connectivity index (χ0n) is 41.9. The maximum atomic E-state index is 15.5. The number of aromatic nitrogens is 1. The minimum absolute atomic E-state index is 0.0715. The van der Waals surface area contributed by atoms with Gasteiger partial charge in [0.2, 0.25) is 5.91 Å². The topological polar surface area (TPSA) is 139 Å². The summed E-state index contributed by atoms with van der Waals surface area (Å²) in [7, 11) is -1.82. The van der Waals surface area contributed by atoms with Crippen molar-refractivity contribution in [2.24, 2.45) is 5.41 Å². The third kappa shape index (κ3) is 13.9. The molecule has 3 amide bonds. The Kier molecular flexibility index (Phi) is 17.1. The Morgan fingerprint density at radius 2 is 1.46 bits per heavy atom. The molecule has 0 radical (unpaired) electrons. The van der Waals surface area contributed by atoms with Gasteiger partial charge in [-0.15, -0.1) is 11.8 Å². The normalized spacial score (nSPS) is 13.9. The number of fused-ring (bicyclic) bond motifs is 3. The van der Waals surface area contributed by atoms with Gasteiger partial charge >= 0.3 is 18.2 Å². The zero-order chi connectivity index (χ0) is 51.0. The predicted octanol–water partition coefficient (Wildman–Crippen LogP) is 12.1. The molecule has 1 aliphatic carbocycles. The summed E-state index contributed by atoms with van der Waals surface area (Å²) in [6.45, 7) is 18.3. The van der Waals surface area contributed by atoms with Crippen LogP contribution in [0.1, 0.15) is 88.7 Å². The van der Waals surface area contributed by atoms with Crippen LogP contribution in [0, 0.1) is 17.0 Å². The summed E-state index contributed by atoms with van der Waals surface area (Å²) in [5, 5.41) is 16.4. The first-order valence-corrected chi connectivity index (χ1v) is 28.7. The van der Waals surface area contributed by atoms with E-state index in [0.717, 1.165) is 57.8 Å². The number of amides is 3. The molecule has 374 valence electrons. The Labute approximate surface area is 416 Å². The fraction of sp³-hybridized carbons (Fsp3) is 0.418. The fourth-order valence-corrected chi connectivity index (χ4v) is 11.3. The average molecular weight is 995 g/mol. The number of ether oxygens (including phenoxy) is 2. The number of halogens is 2. The van der Waals surface area contributed by atoms with Crippen LogP contribution in [0.4, 0.5) is 18.4 Å². The van der Waals surface area contributed by atoms with Crippen molar-refractivity contribution in [2.75, 3.05) is 31.2 Å². The van der Waals surface area contributed by atoms with Crippen LogP contribution in [-0.2, 0) is 25.6 Å². The summed E-state index contributed by atoms with van der Waals surface area (Å²) in [6.07, 6.45) is 0.771. The van der Waals surface area contributed by atoms with Gasteiger partial charge in [-0.25, -0.2) is 23.2 Å².